The van der Waals surface area contributed by atoms with Crippen LogP contribution in [0.15, 0.2) is 86.3 Å². The number of nitrogens with one attached hydrogen (secondary N) is 2. The summed E-state index contributed by atoms with van der Waals surface area (Å²) in [4.78, 5) is 12.4. The number of benzene rings is 1. The molecule has 5 fully saturated rings. The molecule has 4 atom stereocenters. The van der Waals surface area contributed by atoms with Crippen LogP contribution >= 0.6 is 0 Å². The topological polar surface area (TPSA) is 81.8 Å². The van der Waals surface area contributed by atoms with E-state index in [-0.39, 0.29) is 6.04 Å². The van der Waals surface area contributed by atoms with E-state index in [0.29, 0.717) is 35.0 Å². The number of para-hydroxylation sites is 1. The molecule has 4 unspecified atom stereocenters. The van der Waals surface area contributed by atoms with Gasteiger partial charge in [-0.15, -0.1) is 0 Å². The Morgan fingerprint density at radius 3 is 2.55 bits per heavy atom. The van der Waals surface area contributed by atoms with Crippen molar-refractivity contribution < 1.29 is 4.39 Å². The monoisotopic (exact) mass is 865 g/mol. The SMILES string of the molecule is C=C1CCC(CC(=C)N(C)c2c(C)cccc2C#CCCC2CCN(CC3CCC(n4cc(NC(=C)c5cnn6ccc(N7CC8CCC7C8)nc56)c(C(C)F)n4)CC3)CC2)C(=C)N1. The Kier molecular flexibility index (Phi) is 13.0. The lowest BCUT2D eigenvalue weighted by molar-refractivity contribution is 0.133. The van der Waals surface area contributed by atoms with Gasteiger partial charge in [-0.05, 0) is 146 Å². The van der Waals surface area contributed by atoms with Crippen LogP contribution in [0.2, 0.25) is 0 Å². The van der Waals surface area contributed by atoms with E-state index in [2.05, 4.69) is 107 Å². The van der Waals surface area contributed by atoms with Crippen LogP contribution in [0.4, 0.5) is 21.6 Å². The Bertz CT molecular complexity index is 2430. The Balaban J connectivity index is 0.729. The number of likely N-dealkylation sites (tertiary alicyclic amines) is 1. The summed E-state index contributed by atoms with van der Waals surface area (Å²) >= 11 is 0. The first kappa shape index (κ1) is 43.9. The molecule has 11 heteroatoms. The molecule has 6 heterocycles. The Hall–Kier alpha value is -5.34. The van der Waals surface area contributed by atoms with E-state index in [1.54, 1.807) is 17.6 Å². The standard InChI is InChI=1S/C53H69FN10/c1-35-11-10-14-44(52(35)60(7)37(3)29-45-19-15-36(2)56-39(45)5)13-9-8-12-41-23-26-61(27-24-41)32-42-16-20-46(21-17-42)64-34-49(51(59-64)38(4)54)57-40(6)48-31-55-63-28-25-50(58-53(48)63)62-33-43-18-22-47(62)30-43/h10-11,14,25,28,31,34,38,41-43,45-47,56-57H,2-3,5-6,8,12,15-24,26-27,29-30,32-33H2,1,4,7H3. The molecule has 1 aromatic carbocycles. The number of aryl methyl sites for hydroxylation is 1. The molecule has 2 aliphatic carbocycles. The van der Waals surface area contributed by atoms with Gasteiger partial charge in [-0.3, -0.25) is 4.68 Å². The average Bonchev–Trinajstić information content (AvgIpc) is 4.11. The van der Waals surface area contributed by atoms with Gasteiger partial charge in [-0.1, -0.05) is 50.3 Å². The molecule has 4 aromatic rings. The molecule has 0 amide bonds. The minimum absolute atomic E-state index is 0.261. The summed E-state index contributed by atoms with van der Waals surface area (Å²) in [6.45, 7) is 25.5. The van der Waals surface area contributed by atoms with Crippen molar-refractivity contribution in [3.8, 4) is 11.8 Å². The highest BCUT2D eigenvalue weighted by molar-refractivity contribution is 5.82. The summed E-state index contributed by atoms with van der Waals surface area (Å²) in [5.74, 6) is 10.6. The van der Waals surface area contributed by atoms with Gasteiger partial charge in [0, 0.05) is 79.3 Å². The smallest absolute Gasteiger partial charge is 0.166 e. The van der Waals surface area contributed by atoms with E-state index < -0.39 is 6.17 Å². The average molecular weight is 865 g/mol. The van der Waals surface area contributed by atoms with Crippen molar-refractivity contribution in [1.29, 1.82) is 0 Å². The van der Waals surface area contributed by atoms with Crippen LogP contribution in [0.1, 0.15) is 131 Å². The van der Waals surface area contributed by atoms with Gasteiger partial charge in [0.25, 0.3) is 0 Å². The summed E-state index contributed by atoms with van der Waals surface area (Å²) in [5, 5.41) is 16.2. The van der Waals surface area contributed by atoms with Gasteiger partial charge in [0.1, 0.15) is 17.7 Å². The quantitative estimate of drug-likeness (QED) is 0.121. The second-order valence-corrected chi connectivity index (χ2v) is 19.8. The summed E-state index contributed by atoms with van der Waals surface area (Å²) in [7, 11) is 2.12. The van der Waals surface area contributed by atoms with Gasteiger partial charge in [0.15, 0.2) is 5.65 Å². The molecule has 3 aliphatic heterocycles. The molecule has 10 nitrogen and oxygen atoms in total. The number of rotatable bonds is 14. The Labute approximate surface area is 380 Å². The molecule has 338 valence electrons. The van der Waals surface area contributed by atoms with E-state index >= 15 is 4.39 Å². The van der Waals surface area contributed by atoms with E-state index in [4.69, 9.17) is 10.1 Å². The number of nitrogens with zero attached hydrogens (tertiary/aromatic N) is 8. The van der Waals surface area contributed by atoms with Crippen LogP contribution in [0.25, 0.3) is 11.3 Å². The molecular formula is C53H69FN10. The van der Waals surface area contributed by atoms with E-state index in [9.17, 15) is 0 Å². The van der Waals surface area contributed by atoms with Crippen molar-refractivity contribution in [2.24, 2.45) is 23.7 Å². The molecule has 2 bridgehead atoms. The zero-order valence-corrected chi connectivity index (χ0v) is 38.6. The molecule has 3 saturated heterocycles. The van der Waals surface area contributed by atoms with Crippen LogP contribution in [0.5, 0.6) is 0 Å². The fourth-order valence-electron chi connectivity index (χ4n) is 11.4. The summed E-state index contributed by atoms with van der Waals surface area (Å²) in [6, 6.07) is 9.34. The zero-order valence-electron chi connectivity index (χ0n) is 38.6. The molecular weight excluding hydrogens is 796 g/mol. The van der Waals surface area contributed by atoms with E-state index in [1.165, 1.54) is 57.3 Å². The van der Waals surface area contributed by atoms with Crippen LogP contribution in [0, 0.1) is 42.4 Å². The van der Waals surface area contributed by atoms with Crippen molar-refractivity contribution in [3.63, 3.8) is 0 Å². The normalized spacial score (nSPS) is 24.4. The fourth-order valence-corrected chi connectivity index (χ4v) is 11.4. The lowest BCUT2D eigenvalue weighted by Gasteiger charge is -2.36. The molecule has 64 heavy (non-hydrogen) atoms. The number of piperidine rings is 3. The maximum Gasteiger partial charge on any atom is 0.166 e. The van der Waals surface area contributed by atoms with Crippen molar-refractivity contribution >= 4 is 28.5 Å². The minimum atomic E-state index is -1.21. The summed E-state index contributed by atoms with van der Waals surface area (Å²) in [5.41, 5.74) is 9.93. The van der Waals surface area contributed by atoms with Crippen molar-refractivity contribution in [2.45, 2.75) is 122 Å². The molecule has 0 radical (unpaired) electrons. The third-order valence-electron chi connectivity index (χ3n) is 15.3. The summed E-state index contributed by atoms with van der Waals surface area (Å²) in [6.07, 6.45) is 20.3. The van der Waals surface area contributed by atoms with Crippen molar-refractivity contribution in [3.05, 3.63) is 109 Å². The number of alkyl halides is 1. The first-order chi connectivity index (χ1) is 31.0. The lowest BCUT2D eigenvalue weighted by atomic mass is 9.85. The number of anilines is 3. The van der Waals surface area contributed by atoms with Gasteiger partial charge in [0.2, 0.25) is 0 Å². The zero-order chi connectivity index (χ0) is 44.5. The molecule has 2 N–H and O–H groups in total. The number of hydrogen-bond acceptors (Lipinski definition) is 8. The Morgan fingerprint density at radius 2 is 1.81 bits per heavy atom. The first-order valence-electron chi connectivity index (χ1n) is 24.1. The number of aromatic nitrogens is 5. The van der Waals surface area contributed by atoms with Gasteiger partial charge in [-0.25, -0.2) is 13.9 Å². The highest BCUT2D eigenvalue weighted by Gasteiger charge is 2.38. The molecule has 5 aliphatic rings. The molecule has 0 spiro atoms. The van der Waals surface area contributed by atoms with Crippen LogP contribution < -0.4 is 20.4 Å². The maximum atomic E-state index is 15.1. The lowest BCUT2D eigenvalue weighted by Crippen LogP contribution is -2.38. The Morgan fingerprint density at radius 1 is 1.02 bits per heavy atom. The van der Waals surface area contributed by atoms with Gasteiger partial charge < -0.3 is 25.3 Å². The molecule has 9 rings (SSSR count). The summed E-state index contributed by atoms with van der Waals surface area (Å²) < 4.78 is 18.9. The number of allylic oxidation sites excluding steroid dienone is 3. The van der Waals surface area contributed by atoms with Crippen molar-refractivity contribution in [2.75, 3.05) is 48.3 Å². The first-order valence-corrected chi connectivity index (χ1v) is 24.1. The van der Waals surface area contributed by atoms with E-state index in [1.807, 2.05) is 17.1 Å². The predicted molar refractivity (Wildman–Crippen MR) is 260 cm³/mol. The van der Waals surface area contributed by atoms with Gasteiger partial charge in [-0.2, -0.15) is 10.2 Å². The number of hydrogen-bond donors (Lipinski definition) is 2. The van der Waals surface area contributed by atoms with Crippen LogP contribution in [-0.4, -0.2) is 68.5 Å². The van der Waals surface area contributed by atoms with Crippen LogP contribution in [0.3, 0.4) is 0 Å². The third kappa shape index (κ3) is 9.54. The minimum Gasteiger partial charge on any atom is -0.363 e. The highest BCUT2D eigenvalue weighted by Crippen LogP contribution is 2.41. The van der Waals surface area contributed by atoms with Crippen LogP contribution in [-0.2, 0) is 0 Å². The molecule has 3 aromatic heterocycles. The van der Waals surface area contributed by atoms with Gasteiger partial charge >= 0.3 is 0 Å². The second-order valence-electron chi connectivity index (χ2n) is 19.8. The van der Waals surface area contributed by atoms with E-state index in [0.717, 1.165) is 122 Å². The maximum absolute atomic E-state index is 15.1. The van der Waals surface area contributed by atoms with Gasteiger partial charge in [0.05, 0.1) is 29.2 Å². The fraction of sp³-hybridized carbons (Fsp3) is 0.528. The third-order valence-corrected chi connectivity index (χ3v) is 15.3. The predicted octanol–water partition coefficient (Wildman–Crippen LogP) is 11.0. The molecule has 2 saturated carbocycles. The van der Waals surface area contributed by atoms with Crippen molar-refractivity contribution in [1.82, 2.24) is 34.6 Å². The highest BCUT2D eigenvalue weighted by atomic mass is 19.1. The number of fused-ring (bicyclic) bond motifs is 3. The number of halogens is 1. The second kappa shape index (κ2) is 19.0. The largest absolute Gasteiger partial charge is 0.363 e.